The number of aromatic nitrogens is 2. The maximum atomic E-state index is 13.7. The average molecular weight is 269 g/mol. The van der Waals surface area contributed by atoms with Crippen LogP contribution in [-0.4, -0.2) is 23.2 Å². The summed E-state index contributed by atoms with van der Waals surface area (Å²) in [4.78, 5) is 13.7. The fraction of sp³-hybridized carbons (Fsp3) is 0.0667. The van der Waals surface area contributed by atoms with Crippen LogP contribution in [0.15, 0.2) is 48.7 Å². The Morgan fingerprint density at radius 2 is 2.05 bits per heavy atom. The number of aromatic amines is 1. The minimum Gasteiger partial charge on any atom is -0.309 e. The van der Waals surface area contributed by atoms with Crippen molar-refractivity contribution in [2.24, 2.45) is 0 Å². The number of amides is 1. The van der Waals surface area contributed by atoms with E-state index in [1.807, 2.05) is 0 Å². The lowest BCUT2D eigenvalue weighted by Crippen LogP contribution is -2.27. The highest BCUT2D eigenvalue weighted by Crippen LogP contribution is 2.20. The molecular weight excluding hydrogens is 257 g/mol. The number of nitrogens with one attached hydrogen (secondary N) is 1. The molecule has 0 aliphatic carbocycles. The number of carbonyl (C=O) groups is 1. The van der Waals surface area contributed by atoms with Gasteiger partial charge in [0.05, 0.1) is 17.4 Å². The van der Waals surface area contributed by atoms with Crippen molar-refractivity contribution in [2.45, 2.75) is 0 Å². The molecule has 0 radical (unpaired) electrons. The van der Waals surface area contributed by atoms with Crippen LogP contribution in [0.3, 0.4) is 0 Å². The van der Waals surface area contributed by atoms with E-state index in [1.54, 1.807) is 49.6 Å². The van der Waals surface area contributed by atoms with Gasteiger partial charge >= 0.3 is 0 Å². The fourth-order valence-electron chi connectivity index (χ4n) is 2.10. The van der Waals surface area contributed by atoms with Crippen molar-refractivity contribution < 1.29 is 9.18 Å². The SMILES string of the molecule is CN(C(=O)c1ccc2cn[nH]c2c1)c1ccccc1F. The summed E-state index contributed by atoms with van der Waals surface area (Å²) in [6.45, 7) is 0. The van der Waals surface area contributed by atoms with Gasteiger partial charge in [-0.1, -0.05) is 18.2 Å². The largest absolute Gasteiger partial charge is 0.309 e. The molecule has 20 heavy (non-hydrogen) atoms. The Morgan fingerprint density at radius 1 is 1.25 bits per heavy atom. The molecular formula is C15H12FN3O. The van der Waals surface area contributed by atoms with Gasteiger partial charge < -0.3 is 4.90 Å². The minimum atomic E-state index is -0.425. The Morgan fingerprint density at radius 3 is 2.85 bits per heavy atom. The van der Waals surface area contributed by atoms with Crippen LogP contribution >= 0.6 is 0 Å². The van der Waals surface area contributed by atoms with Crippen LogP contribution in [0.4, 0.5) is 10.1 Å². The van der Waals surface area contributed by atoms with Crippen molar-refractivity contribution in [3.8, 4) is 0 Å². The van der Waals surface area contributed by atoms with Gasteiger partial charge in [0, 0.05) is 18.0 Å². The molecule has 0 bridgehead atoms. The lowest BCUT2D eigenvalue weighted by Gasteiger charge is -2.18. The molecule has 0 aliphatic heterocycles. The van der Waals surface area contributed by atoms with Crippen LogP contribution in [0.25, 0.3) is 10.9 Å². The van der Waals surface area contributed by atoms with Crippen molar-refractivity contribution in [2.75, 3.05) is 11.9 Å². The number of rotatable bonds is 2. The van der Waals surface area contributed by atoms with Crippen LogP contribution in [-0.2, 0) is 0 Å². The molecule has 1 aromatic heterocycles. The second-order valence-corrected chi connectivity index (χ2v) is 4.49. The third-order valence-corrected chi connectivity index (χ3v) is 3.21. The van der Waals surface area contributed by atoms with E-state index in [9.17, 15) is 9.18 Å². The number of nitrogens with zero attached hydrogens (tertiary/aromatic N) is 2. The van der Waals surface area contributed by atoms with Gasteiger partial charge in [-0.15, -0.1) is 0 Å². The third kappa shape index (κ3) is 2.03. The lowest BCUT2D eigenvalue weighted by atomic mass is 10.1. The first-order chi connectivity index (χ1) is 9.66. The number of benzene rings is 2. The third-order valence-electron chi connectivity index (χ3n) is 3.21. The summed E-state index contributed by atoms with van der Waals surface area (Å²) in [7, 11) is 1.55. The minimum absolute atomic E-state index is 0.252. The highest BCUT2D eigenvalue weighted by atomic mass is 19.1. The summed E-state index contributed by atoms with van der Waals surface area (Å²) in [5.74, 6) is -0.697. The Balaban J connectivity index is 1.97. The number of para-hydroxylation sites is 1. The number of anilines is 1. The van der Waals surface area contributed by atoms with Gasteiger partial charge in [-0.25, -0.2) is 4.39 Å². The van der Waals surface area contributed by atoms with Gasteiger partial charge in [0.1, 0.15) is 5.82 Å². The number of hydrogen-bond donors (Lipinski definition) is 1. The van der Waals surface area contributed by atoms with Gasteiger partial charge in [-0.2, -0.15) is 5.10 Å². The molecule has 3 rings (SSSR count). The molecule has 0 atom stereocenters. The molecule has 3 aromatic rings. The van der Waals surface area contributed by atoms with Crippen molar-refractivity contribution >= 4 is 22.5 Å². The van der Waals surface area contributed by atoms with Gasteiger partial charge in [0.2, 0.25) is 0 Å². The topological polar surface area (TPSA) is 49.0 Å². The van der Waals surface area contributed by atoms with E-state index in [0.29, 0.717) is 5.56 Å². The van der Waals surface area contributed by atoms with Crippen LogP contribution < -0.4 is 4.90 Å². The molecule has 5 heteroatoms. The van der Waals surface area contributed by atoms with E-state index < -0.39 is 5.82 Å². The van der Waals surface area contributed by atoms with Crippen molar-refractivity contribution in [3.63, 3.8) is 0 Å². The van der Waals surface area contributed by atoms with E-state index >= 15 is 0 Å². The van der Waals surface area contributed by atoms with Crippen molar-refractivity contribution in [1.29, 1.82) is 0 Å². The molecule has 0 saturated heterocycles. The zero-order valence-corrected chi connectivity index (χ0v) is 10.8. The highest BCUT2D eigenvalue weighted by Gasteiger charge is 2.16. The Hall–Kier alpha value is -2.69. The van der Waals surface area contributed by atoms with Crippen LogP contribution in [0.5, 0.6) is 0 Å². The van der Waals surface area contributed by atoms with Crippen LogP contribution in [0.1, 0.15) is 10.4 Å². The fourth-order valence-corrected chi connectivity index (χ4v) is 2.10. The Kier molecular flexibility index (Phi) is 2.95. The quantitative estimate of drug-likeness (QED) is 0.777. The number of fused-ring (bicyclic) bond motifs is 1. The number of halogens is 1. The molecule has 0 aliphatic rings. The van der Waals surface area contributed by atoms with Gasteiger partial charge in [0.25, 0.3) is 5.91 Å². The summed E-state index contributed by atoms with van der Waals surface area (Å²) >= 11 is 0. The van der Waals surface area contributed by atoms with Crippen molar-refractivity contribution in [3.05, 3.63) is 60.0 Å². The highest BCUT2D eigenvalue weighted by molar-refractivity contribution is 6.07. The molecule has 2 aromatic carbocycles. The van der Waals surface area contributed by atoms with Gasteiger partial charge in [0.15, 0.2) is 0 Å². The van der Waals surface area contributed by atoms with E-state index in [2.05, 4.69) is 10.2 Å². The Labute approximate surface area is 114 Å². The molecule has 100 valence electrons. The summed E-state index contributed by atoms with van der Waals surface area (Å²) < 4.78 is 13.7. The van der Waals surface area contributed by atoms with Gasteiger partial charge in [-0.05, 0) is 24.3 Å². The standard InChI is InChI=1S/C15H12FN3O/c1-19(14-5-3-2-4-12(14)16)15(20)10-6-7-11-9-17-18-13(11)8-10/h2-9H,1H3,(H,17,18). The summed E-state index contributed by atoms with van der Waals surface area (Å²) in [6.07, 6.45) is 1.68. The maximum Gasteiger partial charge on any atom is 0.258 e. The molecule has 0 fully saturated rings. The first-order valence-corrected chi connectivity index (χ1v) is 6.12. The predicted octanol–water partition coefficient (Wildman–Crippen LogP) is 2.98. The second kappa shape index (κ2) is 4.77. The molecule has 1 amide bonds. The smallest absolute Gasteiger partial charge is 0.258 e. The molecule has 1 heterocycles. The first kappa shape index (κ1) is 12.3. The number of carbonyl (C=O) groups excluding carboxylic acids is 1. The molecule has 1 N–H and O–H groups in total. The van der Waals surface area contributed by atoms with Crippen LogP contribution in [0.2, 0.25) is 0 Å². The zero-order chi connectivity index (χ0) is 14.1. The lowest BCUT2D eigenvalue weighted by molar-refractivity contribution is 0.0992. The summed E-state index contributed by atoms with van der Waals surface area (Å²) in [5, 5.41) is 7.65. The molecule has 4 nitrogen and oxygen atoms in total. The van der Waals surface area contributed by atoms with Crippen LogP contribution in [0, 0.1) is 5.82 Å². The van der Waals surface area contributed by atoms with Gasteiger partial charge in [-0.3, -0.25) is 9.89 Å². The number of H-pyrrole nitrogens is 1. The monoisotopic (exact) mass is 269 g/mol. The average Bonchev–Trinajstić information content (AvgIpc) is 2.93. The molecule has 0 saturated carbocycles. The maximum absolute atomic E-state index is 13.7. The Bertz CT molecular complexity index is 781. The predicted molar refractivity (Wildman–Crippen MR) is 75.2 cm³/mol. The summed E-state index contributed by atoms with van der Waals surface area (Å²) in [6, 6.07) is 11.4. The molecule has 0 unspecified atom stereocenters. The molecule has 0 spiro atoms. The van der Waals surface area contributed by atoms with E-state index in [4.69, 9.17) is 0 Å². The van der Waals surface area contributed by atoms with E-state index in [-0.39, 0.29) is 11.6 Å². The second-order valence-electron chi connectivity index (χ2n) is 4.49. The normalized spacial score (nSPS) is 10.7. The number of hydrogen-bond acceptors (Lipinski definition) is 2. The van der Waals surface area contributed by atoms with Crippen molar-refractivity contribution in [1.82, 2.24) is 10.2 Å². The first-order valence-electron chi connectivity index (χ1n) is 6.12. The zero-order valence-electron chi connectivity index (χ0n) is 10.8. The van der Waals surface area contributed by atoms with E-state index in [1.165, 1.54) is 11.0 Å². The van der Waals surface area contributed by atoms with E-state index in [0.717, 1.165) is 10.9 Å². The summed E-state index contributed by atoms with van der Waals surface area (Å²) in [5.41, 5.74) is 1.51.